The SMILES string of the molecule is CCC(Sc1cccc(NC(=O)/C(=C/c2ccco2)NC(=O)c2ccccc2)c1)C(=O)Nc1ccncc1. The van der Waals surface area contributed by atoms with E-state index in [-0.39, 0.29) is 16.9 Å². The summed E-state index contributed by atoms with van der Waals surface area (Å²) < 4.78 is 5.34. The number of carbonyl (C=O) groups excluding carboxylic acids is 3. The quantitative estimate of drug-likeness (QED) is 0.183. The number of benzene rings is 2. The van der Waals surface area contributed by atoms with Gasteiger partial charge in [-0.15, -0.1) is 11.8 Å². The van der Waals surface area contributed by atoms with Crippen LogP contribution in [0.4, 0.5) is 11.4 Å². The van der Waals surface area contributed by atoms with Crippen molar-refractivity contribution in [2.75, 3.05) is 10.6 Å². The van der Waals surface area contributed by atoms with Crippen LogP contribution in [0.2, 0.25) is 0 Å². The number of nitrogens with one attached hydrogen (secondary N) is 3. The smallest absolute Gasteiger partial charge is 0.272 e. The number of amides is 3. The first-order valence-electron chi connectivity index (χ1n) is 11.9. The summed E-state index contributed by atoms with van der Waals surface area (Å²) in [7, 11) is 0. The minimum atomic E-state index is -0.518. The van der Waals surface area contributed by atoms with Crippen molar-refractivity contribution in [3.63, 3.8) is 0 Å². The zero-order valence-electron chi connectivity index (χ0n) is 20.6. The molecule has 9 heteroatoms. The number of rotatable bonds is 10. The van der Waals surface area contributed by atoms with E-state index in [0.29, 0.717) is 29.1 Å². The summed E-state index contributed by atoms with van der Waals surface area (Å²) in [5.74, 6) is -0.645. The van der Waals surface area contributed by atoms with Crippen LogP contribution in [-0.2, 0) is 9.59 Å². The van der Waals surface area contributed by atoms with Crippen LogP contribution in [0.25, 0.3) is 6.08 Å². The fraction of sp³-hybridized carbons (Fsp3) is 0.103. The topological polar surface area (TPSA) is 113 Å². The highest BCUT2D eigenvalue weighted by atomic mass is 32.2. The lowest BCUT2D eigenvalue weighted by atomic mass is 10.2. The number of anilines is 2. The minimum absolute atomic E-state index is 0.0232. The van der Waals surface area contributed by atoms with Crippen molar-refractivity contribution in [3.8, 4) is 0 Å². The molecule has 2 heterocycles. The number of hydrogen-bond acceptors (Lipinski definition) is 6. The highest BCUT2D eigenvalue weighted by molar-refractivity contribution is 8.00. The molecule has 38 heavy (non-hydrogen) atoms. The molecule has 4 rings (SSSR count). The van der Waals surface area contributed by atoms with Crippen molar-refractivity contribution >= 4 is 46.9 Å². The average molecular weight is 527 g/mol. The molecule has 3 N–H and O–H groups in total. The Morgan fingerprint density at radius 3 is 2.42 bits per heavy atom. The van der Waals surface area contributed by atoms with Crippen molar-refractivity contribution in [2.45, 2.75) is 23.5 Å². The Morgan fingerprint density at radius 2 is 1.71 bits per heavy atom. The molecule has 0 aliphatic heterocycles. The highest BCUT2D eigenvalue weighted by Gasteiger charge is 2.19. The molecule has 2 aromatic carbocycles. The Bertz CT molecular complexity index is 1410. The fourth-order valence-corrected chi connectivity index (χ4v) is 4.46. The second kappa shape index (κ2) is 13.1. The van der Waals surface area contributed by atoms with Gasteiger partial charge in [-0.3, -0.25) is 19.4 Å². The minimum Gasteiger partial charge on any atom is -0.465 e. The maximum Gasteiger partial charge on any atom is 0.272 e. The predicted molar refractivity (Wildman–Crippen MR) is 148 cm³/mol. The zero-order chi connectivity index (χ0) is 26.7. The van der Waals surface area contributed by atoms with Crippen molar-refractivity contribution in [2.24, 2.45) is 0 Å². The summed E-state index contributed by atoms with van der Waals surface area (Å²) in [6.45, 7) is 1.94. The van der Waals surface area contributed by atoms with Gasteiger partial charge in [-0.05, 0) is 61.0 Å². The molecule has 0 spiro atoms. The van der Waals surface area contributed by atoms with E-state index in [1.54, 1.807) is 85.2 Å². The predicted octanol–water partition coefficient (Wildman–Crippen LogP) is 5.59. The van der Waals surface area contributed by atoms with Gasteiger partial charge in [0.05, 0.1) is 11.5 Å². The monoisotopic (exact) mass is 526 g/mol. The van der Waals surface area contributed by atoms with Crippen LogP contribution in [0, 0.1) is 0 Å². The molecule has 3 amide bonds. The van der Waals surface area contributed by atoms with Crippen molar-refractivity contribution in [1.82, 2.24) is 10.3 Å². The lowest BCUT2D eigenvalue weighted by Crippen LogP contribution is -2.30. The summed E-state index contributed by atoms with van der Waals surface area (Å²) in [6, 6.07) is 22.6. The summed E-state index contributed by atoms with van der Waals surface area (Å²) in [4.78, 5) is 43.5. The molecular weight excluding hydrogens is 500 g/mol. The van der Waals surface area contributed by atoms with Crippen LogP contribution < -0.4 is 16.0 Å². The number of aromatic nitrogens is 1. The van der Waals surface area contributed by atoms with E-state index in [4.69, 9.17) is 4.42 Å². The first-order valence-corrected chi connectivity index (χ1v) is 12.8. The average Bonchev–Trinajstić information content (AvgIpc) is 3.46. The maximum atomic E-state index is 13.2. The summed E-state index contributed by atoms with van der Waals surface area (Å²) >= 11 is 1.40. The molecule has 2 aromatic heterocycles. The number of pyridine rings is 1. The molecule has 8 nitrogen and oxygen atoms in total. The van der Waals surface area contributed by atoms with Gasteiger partial charge in [-0.1, -0.05) is 31.2 Å². The lowest BCUT2D eigenvalue weighted by Gasteiger charge is -2.16. The van der Waals surface area contributed by atoms with Gasteiger partial charge in [0.15, 0.2) is 0 Å². The van der Waals surface area contributed by atoms with Gasteiger partial charge in [-0.2, -0.15) is 0 Å². The zero-order valence-corrected chi connectivity index (χ0v) is 21.4. The van der Waals surface area contributed by atoms with E-state index < -0.39 is 11.8 Å². The van der Waals surface area contributed by atoms with E-state index in [1.807, 2.05) is 13.0 Å². The first kappa shape index (κ1) is 26.4. The molecule has 0 fully saturated rings. The van der Waals surface area contributed by atoms with E-state index >= 15 is 0 Å². The third-order valence-corrected chi connectivity index (χ3v) is 6.70. The standard InChI is InChI=1S/C29H26N4O4S/c1-2-26(29(36)31-21-13-15-30-16-14-21)38-24-12-6-10-22(18-24)32-28(35)25(19-23-11-7-17-37-23)33-27(34)20-8-4-3-5-9-20/h3-19,26H,2H2,1H3,(H,32,35)(H,33,34)(H,30,31,36)/b25-19-. The number of hydrogen-bond donors (Lipinski definition) is 3. The molecule has 0 bridgehead atoms. The Morgan fingerprint density at radius 1 is 0.921 bits per heavy atom. The number of furan rings is 1. The largest absolute Gasteiger partial charge is 0.465 e. The van der Waals surface area contributed by atoms with Gasteiger partial charge in [0, 0.05) is 40.3 Å². The highest BCUT2D eigenvalue weighted by Crippen LogP contribution is 2.28. The molecule has 4 aromatic rings. The fourth-order valence-electron chi connectivity index (χ4n) is 3.45. The van der Waals surface area contributed by atoms with E-state index in [9.17, 15) is 14.4 Å². The van der Waals surface area contributed by atoms with Crippen LogP contribution >= 0.6 is 11.8 Å². The van der Waals surface area contributed by atoms with Gasteiger partial charge in [0.2, 0.25) is 5.91 Å². The van der Waals surface area contributed by atoms with Gasteiger partial charge >= 0.3 is 0 Å². The molecule has 0 aliphatic carbocycles. The normalized spacial score (nSPS) is 11.9. The Balaban J connectivity index is 1.46. The lowest BCUT2D eigenvalue weighted by molar-refractivity contribution is -0.116. The molecule has 1 unspecified atom stereocenters. The number of thioether (sulfide) groups is 1. The summed E-state index contributed by atoms with van der Waals surface area (Å²) in [6.07, 6.45) is 6.79. The summed E-state index contributed by atoms with van der Waals surface area (Å²) in [5, 5.41) is 8.06. The third kappa shape index (κ3) is 7.44. The molecule has 192 valence electrons. The summed E-state index contributed by atoms with van der Waals surface area (Å²) in [5.41, 5.74) is 1.64. The Hall–Kier alpha value is -4.63. The van der Waals surface area contributed by atoms with Gasteiger partial charge in [-0.25, -0.2) is 0 Å². The van der Waals surface area contributed by atoms with Crippen molar-refractivity contribution < 1.29 is 18.8 Å². The van der Waals surface area contributed by atoms with Gasteiger partial charge in [0.1, 0.15) is 11.5 Å². The van der Waals surface area contributed by atoms with Crippen LogP contribution in [0.15, 0.2) is 113 Å². The molecule has 0 saturated carbocycles. The van der Waals surface area contributed by atoms with Crippen LogP contribution in [0.5, 0.6) is 0 Å². The first-order chi connectivity index (χ1) is 18.5. The van der Waals surface area contributed by atoms with Gasteiger partial charge in [0.25, 0.3) is 11.8 Å². The molecule has 0 aliphatic rings. The maximum absolute atomic E-state index is 13.2. The number of carbonyl (C=O) groups is 3. The van der Waals surface area contributed by atoms with E-state index in [2.05, 4.69) is 20.9 Å². The number of nitrogens with zero attached hydrogens (tertiary/aromatic N) is 1. The Kier molecular flexibility index (Phi) is 9.09. The van der Waals surface area contributed by atoms with Crippen molar-refractivity contribution in [1.29, 1.82) is 0 Å². The second-order valence-electron chi connectivity index (χ2n) is 8.12. The van der Waals surface area contributed by atoms with Crippen LogP contribution in [0.3, 0.4) is 0 Å². The van der Waals surface area contributed by atoms with Crippen molar-refractivity contribution in [3.05, 3.63) is 115 Å². The second-order valence-corrected chi connectivity index (χ2v) is 9.39. The molecule has 0 radical (unpaired) electrons. The van der Waals surface area contributed by atoms with Crippen LogP contribution in [0.1, 0.15) is 29.5 Å². The van der Waals surface area contributed by atoms with Gasteiger partial charge < -0.3 is 20.4 Å². The van der Waals surface area contributed by atoms with E-state index in [1.165, 1.54) is 24.1 Å². The van der Waals surface area contributed by atoms with Crippen LogP contribution in [-0.4, -0.2) is 28.0 Å². The third-order valence-electron chi connectivity index (χ3n) is 5.34. The molecule has 0 saturated heterocycles. The molecule has 1 atom stereocenters. The van der Waals surface area contributed by atoms with E-state index in [0.717, 1.165) is 4.90 Å². The Labute approximate surface area is 224 Å². The molecular formula is C29H26N4O4S.